The highest BCUT2D eigenvalue weighted by molar-refractivity contribution is 9.10. The van der Waals surface area contributed by atoms with Gasteiger partial charge in [-0.3, -0.25) is 9.59 Å². The van der Waals surface area contributed by atoms with Crippen LogP contribution >= 0.6 is 39.3 Å². The van der Waals surface area contributed by atoms with Crippen LogP contribution in [0.1, 0.15) is 34.7 Å². The van der Waals surface area contributed by atoms with Crippen LogP contribution in [0.5, 0.6) is 0 Å². The lowest BCUT2D eigenvalue weighted by Crippen LogP contribution is -2.28. The van der Waals surface area contributed by atoms with Crippen molar-refractivity contribution in [3.8, 4) is 0 Å². The van der Waals surface area contributed by atoms with E-state index in [9.17, 15) is 9.59 Å². The molecule has 1 atom stereocenters. The predicted octanol–water partition coefficient (Wildman–Crippen LogP) is 5.41. The van der Waals surface area contributed by atoms with E-state index >= 15 is 0 Å². The number of halogens is 2. The number of hydrogen-bond acceptors (Lipinski definition) is 5. The summed E-state index contributed by atoms with van der Waals surface area (Å²) in [5.74, 6) is 0.316. The lowest BCUT2D eigenvalue weighted by molar-refractivity contribution is -0.113. The second-order valence-corrected chi connectivity index (χ2v) is 9.47. The fourth-order valence-electron chi connectivity index (χ4n) is 2.98. The van der Waals surface area contributed by atoms with Crippen molar-refractivity contribution >= 4 is 56.8 Å². The van der Waals surface area contributed by atoms with E-state index < -0.39 is 0 Å². The second-order valence-electron chi connectivity index (χ2n) is 7.27. The molecule has 1 aromatic heterocycles. The minimum atomic E-state index is -0.390. The van der Waals surface area contributed by atoms with Crippen LogP contribution in [0.2, 0.25) is 5.02 Å². The fourth-order valence-corrected chi connectivity index (χ4v) is 4.16. The van der Waals surface area contributed by atoms with E-state index in [1.165, 1.54) is 11.8 Å². The number of benzene rings is 2. The maximum atomic E-state index is 12.6. The average molecular weight is 549 g/mol. The molecule has 7 nitrogen and oxygen atoms in total. The molecule has 3 rings (SSSR count). The number of amides is 2. The Morgan fingerprint density at radius 1 is 1.24 bits per heavy atom. The van der Waals surface area contributed by atoms with Crippen molar-refractivity contribution < 1.29 is 9.59 Å². The average Bonchev–Trinajstić information content (AvgIpc) is 3.18. The van der Waals surface area contributed by atoms with Crippen LogP contribution in [0.3, 0.4) is 0 Å². The van der Waals surface area contributed by atoms with Gasteiger partial charge in [0.05, 0.1) is 16.8 Å². The van der Waals surface area contributed by atoms with Crippen molar-refractivity contribution in [2.45, 2.75) is 31.6 Å². The van der Waals surface area contributed by atoms with Crippen molar-refractivity contribution in [2.75, 3.05) is 11.1 Å². The van der Waals surface area contributed by atoms with Gasteiger partial charge in [-0.2, -0.15) is 0 Å². The number of rotatable bonds is 9. The molecule has 0 saturated carbocycles. The Hall–Kier alpha value is -2.62. The van der Waals surface area contributed by atoms with E-state index in [1.807, 2.05) is 30.5 Å². The monoisotopic (exact) mass is 547 g/mol. The molecule has 0 unspecified atom stereocenters. The van der Waals surface area contributed by atoms with Gasteiger partial charge >= 0.3 is 0 Å². The summed E-state index contributed by atoms with van der Waals surface area (Å²) in [6.07, 6.45) is 1.72. The molecule has 0 bridgehead atoms. The number of nitrogens with one attached hydrogen (secondary N) is 2. The summed E-state index contributed by atoms with van der Waals surface area (Å²) >= 11 is 10.7. The van der Waals surface area contributed by atoms with Gasteiger partial charge in [-0.25, -0.2) is 0 Å². The first kappa shape index (κ1) is 25.0. The maximum absolute atomic E-state index is 12.6. The van der Waals surface area contributed by atoms with Crippen LogP contribution in [-0.2, 0) is 11.3 Å². The Morgan fingerprint density at radius 2 is 1.97 bits per heavy atom. The van der Waals surface area contributed by atoms with Crippen LogP contribution in [0.4, 0.5) is 5.69 Å². The smallest absolute Gasteiger partial charge is 0.251 e. The van der Waals surface area contributed by atoms with E-state index in [1.54, 1.807) is 36.4 Å². The van der Waals surface area contributed by atoms with E-state index in [-0.39, 0.29) is 23.6 Å². The molecule has 172 valence electrons. The van der Waals surface area contributed by atoms with Gasteiger partial charge in [0.25, 0.3) is 5.91 Å². The van der Waals surface area contributed by atoms with Gasteiger partial charge in [0, 0.05) is 22.3 Å². The topological polar surface area (TPSA) is 88.9 Å². The molecule has 0 spiro atoms. The normalized spacial score (nSPS) is 11.6. The molecule has 33 heavy (non-hydrogen) atoms. The third-order valence-corrected chi connectivity index (χ3v) is 6.84. The predicted molar refractivity (Wildman–Crippen MR) is 136 cm³/mol. The summed E-state index contributed by atoms with van der Waals surface area (Å²) in [5.41, 5.74) is 2.26. The zero-order valence-corrected chi connectivity index (χ0v) is 21.3. The lowest BCUT2D eigenvalue weighted by atomic mass is 10.1. The van der Waals surface area contributed by atoms with Crippen LogP contribution in [0.15, 0.2) is 64.7 Å². The third-order valence-electron chi connectivity index (χ3n) is 4.64. The maximum Gasteiger partial charge on any atom is 0.251 e. The summed E-state index contributed by atoms with van der Waals surface area (Å²) in [5, 5.41) is 15.3. The molecule has 0 aliphatic rings. The zero-order chi connectivity index (χ0) is 24.0. The summed E-state index contributed by atoms with van der Waals surface area (Å²) in [6, 6.07) is 12.2. The Kier molecular flexibility index (Phi) is 8.71. The highest BCUT2D eigenvalue weighted by atomic mass is 79.9. The summed E-state index contributed by atoms with van der Waals surface area (Å²) in [6.45, 7) is 8.04. The molecule has 0 aliphatic heterocycles. The largest absolute Gasteiger partial charge is 0.342 e. The van der Waals surface area contributed by atoms with Crippen molar-refractivity contribution in [3.63, 3.8) is 0 Å². The van der Waals surface area contributed by atoms with Crippen molar-refractivity contribution in [1.82, 2.24) is 20.1 Å². The Balaban J connectivity index is 1.65. The fraction of sp³-hybridized carbons (Fsp3) is 0.217. The molecule has 2 N–H and O–H groups in total. The highest BCUT2D eigenvalue weighted by Gasteiger charge is 2.20. The van der Waals surface area contributed by atoms with Crippen molar-refractivity contribution in [3.05, 3.63) is 81.6 Å². The van der Waals surface area contributed by atoms with Gasteiger partial charge in [0.15, 0.2) is 11.0 Å². The molecule has 2 aromatic carbocycles. The molecule has 1 heterocycles. The molecule has 0 radical (unpaired) electrons. The summed E-state index contributed by atoms with van der Waals surface area (Å²) < 4.78 is 2.59. The van der Waals surface area contributed by atoms with Crippen LogP contribution in [0.25, 0.3) is 0 Å². The number of anilines is 1. The summed E-state index contributed by atoms with van der Waals surface area (Å²) in [4.78, 5) is 25.0. The molecular weight excluding hydrogens is 526 g/mol. The number of aryl methyl sites for hydroxylation is 1. The van der Waals surface area contributed by atoms with Crippen molar-refractivity contribution in [1.29, 1.82) is 0 Å². The Morgan fingerprint density at radius 3 is 2.64 bits per heavy atom. The van der Waals surface area contributed by atoms with Gasteiger partial charge in [-0.1, -0.05) is 47.1 Å². The quantitative estimate of drug-likeness (QED) is 0.276. The van der Waals surface area contributed by atoms with E-state index in [0.29, 0.717) is 33.8 Å². The van der Waals surface area contributed by atoms with E-state index in [2.05, 4.69) is 43.3 Å². The zero-order valence-electron chi connectivity index (χ0n) is 18.1. The first-order valence-corrected chi connectivity index (χ1v) is 12.2. The van der Waals surface area contributed by atoms with E-state index in [4.69, 9.17) is 11.6 Å². The van der Waals surface area contributed by atoms with Gasteiger partial charge in [-0.15, -0.1) is 16.8 Å². The Labute approximate surface area is 210 Å². The highest BCUT2D eigenvalue weighted by Crippen LogP contribution is 2.26. The van der Waals surface area contributed by atoms with Gasteiger partial charge < -0.3 is 15.2 Å². The minimum Gasteiger partial charge on any atom is -0.342 e. The summed E-state index contributed by atoms with van der Waals surface area (Å²) in [7, 11) is 0. The number of carbonyl (C=O) groups is 2. The number of nitrogens with zero attached hydrogens (tertiary/aromatic N) is 3. The molecule has 10 heteroatoms. The van der Waals surface area contributed by atoms with Crippen LogP contribution in [0, 0.1) is 6.92 Å². The number of aromatic nitrogens is 3. The SMILES string of the molecule is C=CCn1c(SCC(=O)Nc2ccc(Br)c(Cl)c2)nnc1[C@@H](C)NC(=O)c1ccc(C)cc1. The first-order valence-electron chi connectivity index (χ1n) is 10.1. The molecular formula is C23H23BrClN5O2S. The minimum absolute atomic E-state index is 0.132. The lowest BCUT2D eigenvalue weighted by Gasteiger charge is -2.15. The number of thioether (sulfide) groups is 1. The van der Waals surface area contributed by atoms with Gasteiger partial charge in [0.2, 0.25) is 5.91 Å². The molecule has 0 saturated heterocycles. The number of hydrogen-bond donors (Lipinski definition) is 2. The number of allylic oxidation sites excluding steroid dienone is 1. The molecule has 3 aromatic rings. The van der Waals surface area contributed by atoms with E-state index in [0.717, 1.165) is 10.0 Å². The molecule has 2 amide bonds. The second kappa shape index (κ2) is 11.5. The molecule has 0 aliphatic carbocycles. The van der Waals surface area contributed by atoms with Crippen LogP contribution in [-0.4, -0.2) is 32.3 Å². The van der Waals surface area contributed by atoms with Crippen molar-refractivity contribution in [2.24, 2.45) is 0 Å². The van der Waals surface area contributed by atoms with Gasteiger partial charge in [0.1, 0.15) is 0 Å². The van der Waals surface area contributed by atoms with Crippen LogP contribution < -0.4 is 10.6 Å². The number of carbonyl (C=O) groups excluding carboxylic acids is 2. The standard InChI is InChI=1S/C23H23BrClN5O2S/c1-4-11-30-21(15(3)26-22(32)16-7-5-14(2)6-8-16)28-29-23(30)33-13-20(31)27-17-9-10-18(24)19(25)12-17/h4-10,12,15H,1,11,13H2,2-3H3,(H,26,32)(H,27,31)/t15-/m1/s1. The Bertz CT molecular complexity index is 1170. The third kappa shape index (κ3) is 6.69. The van der Waals surface area contributed by atoms with Gasteiger partial charge in [-0.05, 0) is 60.1 Å². The first-order chi connectivity index (χ1) is 15.8. The molecule has 0 fully saturated rings.